The van der Waals surface area contributed by atoms with E-state index >= 15 is 0 Å². The highest BCUT2D eigenvalue weighted by molar-refractivity contribution is 7.98. The van der Waals surface area contributed by atoms with E-state index in [1.165, 1.54) is 29.8 Å². The summed E-state index contributed by atoms with van der Waals surface area (Å²) in [5, 5.41) is 3.78. The molecule has 3 heteroatoms. The monoisotopic (exact) mass is 278 g/mol. The Hall–Kier alpha value is -0.670. The zero-order chi connectivity index (χ0) is 13.7. The molecule has 1 aromatic carbocycles. The number of anilines is 1. The van der Waals surface area contributed by atoms with Gasteiger partial charge >= 0.3 is 0 Å². The van der Waals surface area contributed by atoms with E-state index in [2.05, 4.69) is 54.6 Å². The third-order valence-corrected chi connectivity index (χ3v) is 5.10. The summed E-state index contributed by atoms with van der Waals surface area (Å²) < 4.78 is 0. The maximum Gasteiger partial charge on any atom is 0.0378 e. The number of thioether (sulfide) groups is 1. The van der Waals surface area contributed by atoms with Crippen molar-refractivity contribution in [2.45, 2.75) is 43.5 Å². The molecule has 1 aliphatic heterocycles. The Morgan fingerprint density at radius 2 is 2.11 bits per heavy atom. The van der Waals surface area contributed by atoms with Gasteiger partial charge in [-0.15, -0.1) is 11.8 Å². The van der Waals surface area contributed by atoms with E-state index in [-0.39, 0.29) is 5.54 Å². The van der Waals surface area contributed by atoms with E-state index in [4.69, 9.17) is 0 Å². The predicted octanol–water partition coefficient (Wildman–Crippen LogP) is 3.77. The van der Waals surface area contributed by atoms with Crippen LogP contribution in [0.25, 0.3) is 0 Å². The number of benzene rings is 1. The minimum Gasteiger partial charge on any atom is -0.370 e. The lowest BCUT2D eigenvalue weighted by Crippen LogP contribution is -2.50. The van der Waals surface area contributed by atoms with E-state index in [1.54, 1.807) is 0 Å². The van der Waals surface area contributed by atoms with E-state index in [9.17, 15) is 0 Å². The van der Waals surface area contributed by atoms with E-state index in [1.807, 2.05) is 11.8 Å². The van der Waals surface area contributed by atoms with Gasteiger partial charge in [0.2, 0.25) is 0 Å². The molecule has 1 N–H and O–H groups in total. The Kier molecular flexibility index (Phi) is 5.17. The molecule has 0 aromatic heterocycles. The molecule has 1 saturated heterocycles. The van der Waals surface area contributed by atoms with Gasteiger partial charge in [-0.05, 0) is 50.3 Å². The number of hydrogen-bond donors (Lipinski definition) is 1. The third-order valence-electron chi connectivity index (χ3n) is 4.37. The largest absolute Gasteiger partial charge is 0.370 e. The van der Waals surface area contributed by atoms with Gasteiger partial charge in [0.05, 0.1) is 0 Å². The minimum atomic E-state index is 0.284. The topological polar surface area (TPSA) is 15.3 Å². The van der Waals surface area contributed by atoms with Crippen LogP contribution >= 0.6 is 11.8 Å². The zero-order valence-electron chi connectivity index (χ0n) is 12.4. The van der Waals surface area contributed by atoms with Gasteiger partial charge in [0, 0.05) is 29.2 Å². The van der Waals surface area contributed by atoms with Crippen LogP contribution in [0.3, 0.4) is 0 Å². The Balaban J connectivity index is 2.21. The highest BCUT2D eigenvalue weighted by Gasteiger charge is 2.30. The summed E-state index contributed by atoms with van der Waals surface area (Å²) in [5.74, 6) is 0. The SMILES string of the molecule is CCC1(CC)CN(c2cccc(SC)c2)CCCN1. The number of rotatable bonds is 4. The van der Waals surface area contributed by atoms with Crippen LogP contribution in [-0.4, -0.2) is 31.4 Å². The lowest BCUT2D eigenvalue weighted by atomic mass is 9.92. The molecule has 1 fully saturated rings. The smallest absolute Gasteiger partial charge is 0.0378 e. The highest BCUT2D eigenvalue weighted by atomic mass is 32.2. The minimum absolute atomic E-state index is 0.284. The lowest BCUT2D eigenvalue weighted by molar-refractivity contribution is 0.321. The molecule has 0 aliphatic carbocycles. The molecule has 0 amide bonds. The Morgan fingerprint density at radius 1 is 1.32 bits per heavy atom. The number of hydrogen-bond acceptors (Lipinski definition) is 3. The fourth-order valence-electron chi connectivity index (χ4n) is 2.87. The van der Waals surface area contributed by atoms with Crippen LogP contribution in [0.5, 0.6) is 0 Å². The van der Waals surface area contributed by atoms with Gasteiger partial charge in [-0.2, -0.15) is 0 Å². The van der Waals surface area contributed by atoms with Crippen molar-refractivity contribution in [1.29, 1.82) is 0 Å². The molecule has 2 nitrogen and oxygen atoms in total. The molecule has 1 aromatic rings. The fraction of sp³-hybridized carbons (Fsp3) is 0.625. The molecule has 1 heterocycles. The molecule has 2 rings (SSSR count). The molecule has 0 radical (unpaired) electrons. The first-order valence-corrected chi connectivity index (χ1v) is 8.59. The fourth-order valence-corrected chi connectivity index (χ4v) is 3.33. The van der Waals surface area contributed by atoms with Gasteiger partial charge in [0.25, 0.3) is 0 Å². The van der Waals surface area contributed by atoms with Gasteiger partial charge in [0.15, 0.2) is 0 Å². The number of nitrogens with zero attached hydrogens (tertiary/aromatic N) is 1. The quantitative estimate of drug-likeness (QED) is 0.844. The van der Waals surface area contributed by atoms with Crippen molar-refractivity contribution >= 4 is 17.4 Å². The van der Waals surface area contributed by atoms with Crippen LogP contribution in [0.4, 0.5) is 5.69 Å². The Labute approximate surface area is 122 Å². The standard InChI is InChI=1S/C16H26N2S/c1-4-16(5-2)13-18(11-7-10-17-16)14-8-6-9-15(12-14)19-3/h6,8-9,12,17H,4-5,7,10-11,13H2,1-3H3. The second-order valence-corrected chi connectivity index (χ2v) is 6.27. The summed E-state index contributed by atoms with van der Waals surface area (Å²) in [5.41, 5.74) is 1.66. The molecular weight excluding hydrogens is 252 g/mol. The van der Waals surface area contributed by atoms with Crippen molar-refractivity contribution < 1.29 is 0 Å². The van der Waals surface area contributed by atoms with Crippen LogP contribution < -0.4 is 10.2 Å². The second kappa shape index (κ2) is 6.67. The molecular formula is C16H26N2S. The third kappa shape index (κ3) is 3.46. The molecule has 0 atom stereocenters. The van der Waals surface area contributed by atoms with Crippen molar-refractivity contribution in [2.24, 2.45) is 0 Å². The van der Waals surface area contributed by atoms with Crippen molar-refractivity contribution in [1.82, 2.24) is 5.32 Å². The number of nitrogens with one attached hydrogen (secondary N) is 1. The molecule has 106 valence electrons. The molecule has 0 bridgehead atoms. The first-order chi connectivity index (χ1) is 9.23. The van der Waals surface area contributed by atoms with Crippen LogP contribution in [0.2, 0.25) is 0 Å². The first kappa shape index (κ1) is 14.7. The average molecular weight is 278 g/mol. The van der Waals surface area contributed by atoms with Crippen molar-refractivity contribution in [3.05, 3.63) is 24.3 Å². The second-order valence-electron chi connectivity index (χ2n) is 5.39. The van der Waals surface area contributed by atoms with Crippen molar-refractivity contribution in [3.8, 4) is 0 Å². The van der Waals surface area contributed by atoms with Crippen LogP contribution in [0.1, 0.15) is 33.1 Å². The molecule has 1 aliphatic rings. The molecule has 0 unspecified atom stereocenters. The van der Waals surface area contributed by atoms with Gasteiger partial charge in [0.1, 0.15) is 0 Å². The summed E-state index contributed by atoms with van der Waals surface area (Å²) in [6.45, 7) is 8.03. The van der Waals surface area contributed by atoms with Crippen LogP contribution in [0.15, 0.2) is 29.2 Å². The maximum absolute atomic E-state index is 3.78. The van der Waals surface area contributed by atoms with E-state index in [0.717, 1.165) is 19.6 Å². The normalized spacial score (nSPS) is 19.2. The highest BCUT2D eigenvalue weighted by Crippen LogP contribution is 2.27. The average Bonchev–Trinajstić information content (AvgIpc) is 2.70. The maximum atomic E-state index is 3.78. The molecule has 0 spiro atoms. The van der Waals surface area contributed by atoms with Crippen LogP contribution in [0, 0.1) is 0 Å². The summed E-state index contributed by atoms with van der Waals surface area (Å²) >= 11 is 1.82. The summed E-state index contributed by atoms with van der Waals surface area (Å²) in [6, 6.07) is 8.95. The predicted molar refractivity (Wildman–Crippen MR) is 86.4 cm³/mol. The lowest BCUT2D eigenvalue weighted by Gasteiger charge is -2.36. The first-order valence-electron chi connectivity index (χ1n) is 7.37. The van der Waals surface area contributed by atoms with E-state index < -0.39 is 0 Å². The van der Waals surface area contributed by atoms with Gasteiger partial charge in [-0.3, -0.25) is 0 Å². The van der Waals surface area contributed by atoms with Gasteiger partial charge in [-0.25, -0.2) is 0 Å². The summed E-state index contributed by atoms with van der Waals surface area (Å²) in [4.78, 5) is 3.92. The van der Waals surface area contributed by atoms with E-state index in [0.29, 0.717) is 0 Å². The molecule has 19 heavy (non-hydrogen) atoms. The Bertz CT molecular complexity index is 401. The molecule has 0 saturated carbocycles. The van der Waals surface area contributed by atoms with Gasteiger partial charge < -0.3 is 10.2 Å². The van der Waals surface area contributed by atoms with Crippen molar-refractivity contribution in [2.75, 3.05) is 30.8 Å². The van der Waals surface area contributed by atoms with Crippen LogP contribution in [-0.2, 0) is 0 Å². The van der Waals surface area contributed by atoms with Gasteiger partial charge in [-0.1, -0.05) is 19.9 Å². The van der Waals surface area contributed by atoms with Crippen molar-refractivity contribution in [3.63, 3.8) is 0 Å². The summed E-state index contributed by atoms with van der Waals surface area (Å²) in [7, 11) is 0. The Morgan fingerprint density at radius 3 is 2.79 bits per heavy atom. The zero-order valence-corrected chi connectivity index (χ0v) is 13.2. The summed E-state index contributed by atoms with van der Waals surface area (Å²) in [6.07, 6.45) is 5.77.